The molecular weight excluding hydrogens is 450 g/mol. The molecule has 3 aliphatic heterocycles. The summed E-state index contributed by atoms with van der Waals surface area (Å²) in [6.45, 7) is 1.02. The Morgan fingerprint density at radius 1 is 1.17 bits per heavy atom. The Morgan fingerprint density at radius 3 is 2.60 bits per heavy atom. The molecule has 4 aliphatic rings. The molecule has 0 unspecified atom stereocenters. The van der Waals surface area contributed by atoms with E-state index in [9.17, 15) is 18.4 Å². The van der Waals surface area contributed by atoms with Gasteiger partial charge in [-0.15, -0.1) is 0 Å². The summed E-state index contributed by atoms with van der Waals surface area (Å²) in [5.74, 6) is 0.286. The van der Waals surface area contributed by atoms with Crippen molar-refractivity contribution in [1.29, 1.82) is 0 Å². The number of likely N-dealkylation sites (tertiary alicyclic amines) is 1. The van der Waals surface area contributed by atoms with E-state index in [0.717, 1.165) is 25.7 Å². The van der Waals surface area contributed by atoms with Crippen LogP contribution in [0.1, 0.15) is 69.3 Å². The van der Waals surface area contributed by atoms with Crippen LogP contribution in [0.25, 0.3) is 0 Å². The smallest absolute Gasteiger partial charge is 0.245 e. The van der Waals surface area contributed by atoms with Crippen molar-refractivity contribution < 1.29 is 18.4 Å². The van der Waals surface area contributed by atoms with Crippen molar-refractivity contribution in [2.24, 2.45) is 5.73 Å². The van der Waals surface area contributed by atoms with Gasteiger partial charge in [0, 0.05) is 43.1 Å². The van der Waals surface area contributed by atoms with Crippen molar-refractivity contribution in [2.45, 2.75) is 99.8 Å². The zero-order valence-electron chi connectivity index (χ0n) is 20.6. The fraction of sp³-hybridized carbons (Fsp3) is 0.704. The number of halogens is 2. The zero-order valence-corrected chi connectivity index (χ0v) is 20.6. The number of carbonyl (C=O) groups is 2. The predicted molar refractivity (Wildman–Crippen MR) is 130 cm³/mol. The maximum Gasteiger partial charge on any atom is 0.245 e. The largest absolute Gasteiger partial charge is 0.335 e. The van der Waals surface area contributed by atoms with E-state index < -0.39 is 18.5 Å². The van der Waals surface area contributed by atoms with Gasteiger partial charge in [-0.25, -0.2) is 8.78 Å². The monoisotopic (exact) mass is 488 g/mol. The molecule has 0 bridgehead atoms. The van der Waals surface area contributed by atoms with E-state index in [1.165, 1.54) is 5.56 Å². The van der Waals surface area contributed by atoms with Crippen molar-refractivity contribution in [2.75, 3.05) is 20.1 Å². The van der Waals surface area contributed by atoms with Crippen molar-refractivity contribution >= 4 is 11.8 Å². The Kier molecular flexibility index (Phi) is 6.87. The highest BCUT2D eigenvalue weighted by Gasteiger charge is 2.58. The van der Waals surface area contributed by atoms with E-state index in [-0.39, 0.29) is 35.9 Å². The molecule has 3 saturated heterocycles. The first-order valence-electron chi connectivity index (χ1n) is 13.2. The lowest BCUT2D eigenvalue weighted by Gasteiger charge is -2.40. The molecule has 5 rings (SSSR count). The molecule has 4 fully saturated rings. The Labute approximate surface area is 206 Å². The highest BCUT2D eigenvalue weighted by molar-refractivity contribution is 5.91. The number of hydrogen-bond donors (Lipinski definition) is 1. The zero-order chi connectivity index (χ0) is 24.7. The third kappa shape index (κ3) is 4.84. The minimum absolute atomic E-state index is 0.0540. The van der Waals surface area contributed by atoms with E-state index in [1.807, 2.05) is 18.0 Å². The Bertz CT molecular complexity index is 925. The van der Waals surface area contributed by atoms with E-state index >= 15 is 0 Å². The quantitative estimate of drug-likeness (QED) is 0.667. The molecule has 1 aromatic carbocycles. The molecule has 0 radical (unpaired) electrons. The van der Waals surface area contributed by atoms with E-state index in [1.54, 1.807) is 4.90 Å². The summed E-state index contributed by atoms with van der Waals surface area (Å²) in [6, 6.07) is 9.31. The van der Waals surface area contributed by atoms with Crippen molar-refractivity contribution in [3.8, 4) is 0 Å². The number of alkyl halides is 2. The second-order valence-electron chi connectivity index (χ2n) is 11.2. The Morgan fingerprint density at radius 2 is 1.91 bits per heavy atom. The number of nitrogens with two attached hydrogens (primary N) is 1. The van der Waals surface area contributed by atoms with E-state index in [2.05, 4.69) is 29.2 Å². The van der Waals surface area contributed by atoms with Gasteiger partial charge in [0.15, 0.2) is 0 Å². The summed E-state index contributed by atoms with van der Waals surface area (Å²) < 4.78 is 25.6. The number of rotatable bonds is 6. The van der Waals surface area contributed by atoms with Crippen LogP contribution in [0.5, 0.6) is 0 Å². The normalized spacial score (nSPS) is 32.3. The van der Waals surface area contributed by atoms with Crippen LogP contribution < -0.4 is 5.73 Å². The average Bonchev–Trinajstić information content (AvgIpc) is 3.34. The number of benzene rings is 1. The summed E-state index contributed by atoms with van der Waals surface area (Å²) in [5, 5.41) is 0. The minimum Gasteiger partial charge on any atom is -0.335 e. The molecule has 35 heavy (non-hydrogen) atoms. The third-order valence-corrected chi connectivity index (χ3v) is 9.00. The van der Waals surface area contributed by atoms with Gasteiger partial charge in [0.25, 0.3) is 0 Å². The summed E-state index contributed by atoms with van der Waals surface area (Å²) in [6.07, 6.45) is 3.91. The summed E-state index contributed by atoms with van der Waals surface area (Å²) in [4.78, 5) is 33.2. The average molecular weight is 489 g/mol. The molecule has 6 nitrogen and oxygen atoms in total. The van der Waals surface area contributed by atoms with Crippen LogP contribution >= 0.6 is 0 Å². The first-order chi connectivity index (χ1) is 16.8. The van der Waals surface area contributed by atoms with E-state index in [4.69, 9.17) is 5.73 Å². The van der Waals surface area contributed by atoms with Crippen molar-refractivity contribution in [3.05, 3.63) is 35.9 Å². The van der Waals surface area contributed by atoms with Gasteiger partial charge in [0.1, 0.15) is 6.04 Å². The second kappa shape index (κ2) is 9.77. The number of carbonyl (C=O) groups excluding carboxylic acids is 2. The summed E-state index contributed by atoms with van der Waals surface area (Å²) >= 11 is 0. The van der Waals surface area contributed by atoms with Crippen LogP contribution in [0, 0.1) is 0 Å². The lowest BCUT2D eigenvalue weighted by molar-refractivity contribution is -0.148. The number of nitrogens with zero attached hydrogens (tertiary/aromatic N) is 3. The Hall–Kier alpha value is -2.06. The number of amides is 2. The van der Waals surface area contributed by atoms with Crippen LogP contribution in [0.15, 0.2) is 30.3 Å². The van der Waals surface area contributed by atoms with Gasteiger partial charge in [0.05, 0.1) is 6.04 Å². The van der Waals surface area contributed by atoms with Gasteiger partial charge in [-0.3, -0.25) is 9.59 Å². The van der Waals surface area contributed by atoms with Gasteiger partial charge in [-0.1, -0.05) is 30.3 Å². The summed E-state index contributed by atoms with van der Waals surface area (Å²) in [7, 11) is 1.88. The lowest BCUT2D eigenvalue weighted by Crippen LogP contribution is -2.57. The molecule has 0 aromatic heterocycles. The first-order valence-corrected chi connectivity index (χ1v) is 13.2. The fourth-order valence-corrected chi connectivity index (χ4v) is 6.81. The van der Waals surface area contributed by atoms with Crippen LogP contribution in [0.2, 0.25) is 0 Å². The molecule has 2 N–H and O–H groups in total. The molecule has 1 aromatic rings. The first kappa shape index (κ1) is 24.6. The minimum atomic E-state index is -2.32. The number of fused-ring (bicyclic) bond motifs is 1. The van der Waals surface area contributed by atoms with Crippen molar-refractivity contribution in [1.82, 2.24) is 14.7 Å². The van der Waals surface area contributed by atoms with Crippen molar-refractivity contribution in [3.63, 3.8) is 0 Å². The molecular formula is C27H38F2N4O2. The van der Waals surface area contributed by atoms with Crippen LogP contribution in [0.3, 0.4) is 0 Å². The molecule has 192 valence electrons. The Balaban J connectivity index is 1.32. The second-order valence-corrected chi connectivity index (χ2v) is 11.2. The predicted octanol–water partition coefficient (Wildman–Crippen LogP) is 3.36. The van der Waals surface area contributed by atoms with Crippen LogP contribution in [-0.4, -0.2) is 82.8 Å². The topological polar surface area (TPSA) is 69.9 Å². The van der Waals surface area contributed by atoms with Gasteiger partial charge in [-0.05, 0) is 64.0 Å². The van der Waals surface area contributed by atoms with Gasteiger partial charge >= 0.3 is 0 Å². The third-order valence-electron chi connectivity index (χ3n) is 9.00. The van der Waals surface area contributed by atoms with E-state index in [0.29, 0.717) is 44.7 Å². The van der Waals surface area contributed by atoms with Crippen LogP contribution in [0.4, 0.5) is 8.78 Å². The molecule has 1 aliphatic carbocycles. The van der Waals surface area contributed by atoms with Gasteiger partial charge in [-0.2, -0.15) is 0 Å². The SMILES string of the molecule is CN(CCC(F)F)[C@H]1CC[C@H](N)C(=O)N2[C@H](CC[C@H]2C(=O)N2C[C@@H](c3ccccc3)CC23CC3)C1. The molecule has 3 heterocycles. The molecule has 1 saturated carbocycles. The number of hydrogen-bond acceptors (Lipinski definition) is 4. The molecule has 5 atom stereocenters. The molecule has 8 heteroatoms. The maximum absolute atomic E-state index is 14.0. The van der Waals surface area contributed by atoms with Gasteiger partial charge in [0.2, 0.25) is 18.2 Å². The maximum atomic E-state index is 14.0. The molecule has 2 amide bonds. The lowest BCUT2D eigenvalue weighted by atomic mass is 9.94. The summed E-state index contributed by atoms with van der Waals surface area (Å²) in [5.41, 5.74) is 7.53. The highest BCUT2D eigenvalue weighted by atomic mass is 19.3. The van der Waals surface area contributed by atoms with Gasteiger partial charge < -0.3 is 20.4 Å². The molecule has 1 spiro atoms. The highest BCUT2D eigenvalue weighted by Crippen LogP contribution is 2.54. The fourth-order valence-electron chi connectivity index (χ4n) is 6.81. The standard InChI is InChI=1S/C27H38F2N4O2/c1-31(14-11-24(28)29)20-7-9-22(30)25(34)33-21(15-20)8-10-23(33)26(35)32-17-19(16-27(32)12-13-27)18-5-3-2-4-6-18/h2-6,19-24H,7-17,30H2,1H3/t19-,20-,21+,22-,23-/m0/s1. The van der Waals surface area contributed by atoms with Crippen LogP contribution in [-0.2, 0) is 9.59 Å².